The maximum atomic E-state index is 12.1. The minimum absolute atomic E-state index is 0.0261. The highest BCUT2D eigenvalue weighted by atomic mass is 16.5. The van der Waals surface area contributed by atoms with Crippen LogP contribution in [0.3, 0.4) is 0 Å². The Morgan fingerprint density at radius 3 is 2.75 bits per heavy atom. The molecule has 0 radical (unpaired) electrons. The summed E-state index contributed by atoms with van der Waals surface area (Å²) in [5.74, 6) is 0.582. The van der Waals surface area contributed by atoms with Crippen molar-refractivity contribution in [2.24, 2.45) is 0 Å². The Labute approximate surface area is 94.1 Å². The molecule has 0 aliphatic carbocycles. The third-order valence-corrected chi connectivity index (χ3v) is 2.46. The van der Waals surface area contributed by atoms with Gasteiger partial charge in [0.1, 0.15) is 5.75 Å². The van der Waals surface area contributed by atoms with E-state index >= 15 is 0 Å². The average molecular weight is 215 g/mol. The van der Waals surface area contributed by atoms with Crippen molar-refractivity contribution in [1.82, 2.24) is 4.98 Å². The van der Waals surface area contributed by atoms with E-state index in [0.29, 0.717) is 16.9 Å². The summed E-state index contributed by atoms with van der Waals surface area (Å²) in [5.41, 5.74) is 2.28. The minimum atomic E-state index is -0.0261. The normalized spacial score (nSPS) is 10.1. The molecule has 0 aliphatic rings. The Morgan fingerprint density at radius 1 is 1.31 bits per heavy atom. The molecule has 1 heterocycles. The van der Waals surface area contributed by atoms with Gasteiger partial charge in [0.2, 0.25) is 0 Å². The minimum Gasteiger partial charge on any atom is -0.496 e. The molecule has 0 saturated carbocycles. The van der Waals surface area contributed by atoms with E-state index in [9.17, 15) is 4.79 Å². The Balaban J connectivity index is 2.47. The fraction of sp³-hybridized carbons (Fsp3) is 0.154. The average Bonchev–Trinajstić information content (AvgIpc) is 2.81. The van der Waals surface area contributed by atoms with Gasteiger partial charge in [-0.2, -0.15) is 0 Å². The number of aryl methyl sites for hydroxylation is 1. The smallest absolute Gasteiger partial charge is 0.198 e. The summed E-state index contributed by atoms with van der Waals surface area (Å²) in [6.45, 7) is 1.95. The van der Waals surface area contributed by atoms with Crippen molar-refractivity contribution in [2.75, 3.05) is 7.11 Å². The van der Waals surface area contributed by atoms with E-state index in [1.807, 2.05) is 25.1 Å². The SMILES string of the molecule is COc1ccc(C)cc1C(=O)c1cc[nH]c1. The van der Waals surface area contributed by atoms with Crippen LogP contribution in [0.1, 0.15) is 21.5 Å². The second-order valence-corrected chi connectivity index (χ2v) is 3.63. The lowest BCUT2D eigenvalue weighted by Crippen LogP contribution is -2.03. The van der Waals surface area contributed by atoms with Gasteiger partial charge in [0, 0.05) is 18.0 Å². The molecule has 0 atom stereocenters. The molecule has 1 aromatic carbocycles. The van der Waals surface area contributed by atoms with Crippen molar-refractivity contribution in [2.45, 2.75) is 6.92 Å². The molecular weight excluding hydrogens is 202 g/mol. The Morgan fingerprint density at radius 2 is 2.12 bits per heavy atom. The summed E-state index contributed by atoms with van der Waals surface area (Å²) < 4.78 is 5.19. The van der Waals surface area contributed by atoms with Gasteiger partial charge in [-0.25, -0.2) is 0 Å². The van der Waals surface area contributed by atoms with Crippen LogP contribution in [-0.4, -0.2) is 17.9 Å². The van der Waals surface area contributed by atoms with Gasteiger partial charge in [-0.15, -0.1) is 0 Å². The summed E-state index contributed by atoms with van der Waals surface area (Å²) in [6, 6.07) is 7.33. The Kier molecular flexibility index (Phi) is 2.77. The van der Waals surface area contributed by atoms with Gasteiger partial charge in [-0.05, 0) is 25.1 Å². The van der Waals surface area contributed by atoms with Gasteiger partial charge in [0.25, 0.3) is 0 Å². The maximum absolute atomic E-state index is 12.1. The number of H-pyrrole nitrogens is 1. The summed E-state index contributed by atoms with van der Waals surface area (Å²) in [7, 11) is 1.57. The first-order valence-corrected chi connectivity index (χ1v) is 5.04. The van der Waals surface area contributed by atoms with Crippen molar-refractivity contribution in [3.63, 3.8) is 0 Å². The molecule has 0 unspecified atom stereocenters. The zero-order valence-corrected chi connectivity index (χ0v) is 9.28. The fourth-order valence-electron chi connectivity index (χ4n) is 1.62. The lowest BCUT2D eigenvalue weighted by molar-refractivity contribution is 0.103. The summed E-state index contributed by atoms with van der Waals surface area (Å²) in [4.78, 5) is 15.0. The number of carbonyl (C=O) groups excluding carboxylic acids is 1. The number of carbonyl (C=O) groups is 1. The number of ether oxygens (including phenoxy) is 1. The number of benzene rings is 1. The number of rotatable bonds is 3. The monoisotopic (exact) mass is 215 g/mol. The van der Waals surface area contributed by atoms with Gasteiger partial charge in [-0.3, -0.25) is 4.79 Å². The molecule has 1 aromatic heterocycles. The number of methoxy groups -OCH3 is 1. The van der Waals surface area contributed by atoms with Crippen LogP contribution in [0.5, 0.6) is 5.75 Å². The van der Waals surface area contributed by atoms with Crippen LogP contribution in [-0.2, 0) is 0 Å². The van der Waals surface area contributed by atoms with Crippen LogP contribution in [0.25, 0.3) is 0 Å². The molecule has 0 aliphatic heterocycles. The standard InChI is InChI=1S/C13H13NO2/c1-9-3-4-12(16-2)11(7-9)13(15)10-5-6-14-8-10/h3-8,14H,1-2H3. The van der Waals surface area contributed by atoms with Gasteiger partial charge in [-0.1, -0.05) is 11.6 Å². The Hall–Kier alpha value is -2.03. The molecule has 0 saturated heterocycles. The molecule has 3 heteroatoms. The van der Waals surface area contributed by atoms with Gasteiger partial charge < -0.3 is 9.72 Å². The molecule has 0 amide bonds. The largest absolute Gasteiger partial charge is 0.496 e. The topological polar surface area (TPSA) is 42.1 Å². The second kappa shape index (κ2) is 4.23. The van der Waals surface area contributed by atoms with E-state index in [-0.39, 0.29) is 5.78 Å². The highest BCUT2D eigenvalue weighted by Gasteiger charge is 2.14. The first-order valence-electron chi connectivity index (χ1n) is 5.04. The van der Waals surface area contributed by atoms with Crippen molar-refractivity contribution in [3.8, 4) is 5.75 Å². The molecule has 1 N–H and O–H groups in total. The number of hydrogen-bond donors (Lipinski definition) is 1. The van der Waals surface area contributed by atoms with E-state index in [1.54, 1.807) is 25.6 Å². The van der Waals surface area contributed by atoms with E-state index < -0.39 is 0 Å². The molecule has 0 bridgehead atoms. The quantitative estimate of drug-likeness (QED) is 0.799. The third-order valence-electron chi connectivity index (χ3n) is 2.46. The summed E-state index contributed by atoms with van der Waals surface area (Å²) in [6.07, 6.45) is 3.42. The highest BCUT2D eigenvalue weighted by Crippen LogP contribution is 2.22. The predicted octanol–water partition coefficient (Wildman–Crippen LogP) is 2.56. The molecule has 2 aromatic rings. The van der Waals surface area contributed by atoms with Crippen LogP contribution in [0, 0.1) is 6.92 Å². The van der Waals surface area contributed by atoms with Gasteiger partial charge >= 0.3 is 0 Å². The molecular formula is C13H13NO2. The van der Waals surface area contributed by atoms with Crippen LogP contribution in [0.15, 0.2) is 36.7 Å². The van der Waals surface area contributed by atoms with Gasteiger partial charge in [0.05, 0.1) is 12.7 Å². The maximum Gasteiger partial charge on any atom is 0.198 e. The second-order valence-electron chi connectivity index (χ2n) is 3.63. The fourth-order valence-corrected chi connectivity index (χ4v) is 1.62. The van der Waals surface area contributed by atoms with Crippen LogP contribution >= 0.6 is 0 Å². The number of aromatic amines is 1. The molecule has 0 spiro atoms. The van der Waals surface area contributed by atoms with Crippen molar-refractivity contribution < 1.29 is 9.53 Å². The zero-order chi connectivity index (χ0) is 11.5. The van der Waals surface area contributed by atoms with Crippen LogP contribution < -0.4 is 4.74 Å². The highest BCUT2D eigenvalue weighted by molar-refractivity contribution is 6.10. The van der Waals surface area contributed by atoms with E-state index in [1.165, 1.54) is 0 Å². The number of aromatic nitrogens is 1. The number of ketones is 1. The lowest BCUT2D eigenvalue weighted by atomic mass is 10.0. The first kappa shape index (κ1) is 10.5. The molecule has 0 fully saturated rings. The summed E-state index contributed by atoms with van der Waals surface area (Å²) >= 11 is 0. The van der Waals surface area contributed by atoms with Crippen molar-refractivity contribution in [1.29, 1.82) is 0 Å². The van der Waals surface area contributed by atoms with Crippen molar-refractivity contribution in [3.05, 3.63) is 53.3 Å². The van der Waals surface area contributed by atoms with E-state index in [4.69, 9.17) is 4.74 Å². The predicted molar refractivity (Wildman–Crippen MR) is 62.0 cm³/mol. The Bertz CT molecular complexity index is 501. The molecule has 2 rings (SSSR count). The van der Waals surface area contributed by atoms with Crippen LogP contribution in [0.2, 0.25) is 0 Å². The lowest BCUT2D eigenvalue weighted by Gasteiger charge is -2.07. The van der Waals surface area contributed by atoms with E-state index in [0.717, 1.165) is 5.56 Å². The zero-order valence-electron chi connectivity index (χ0n) is 9.28. The van der Waals surface area contributed by atoms with Crippen molar-refractivity contribution >= 4 is 5.78 Å². The first-order chi connectivity index (χ1) is 7.72. The van der Waals surface area contributed by atoms with Gasteiger partial charge in [0.15, 0.2) is 5.78 Å². The van der Waals surface area contributed by atoms with E-state index in [2.05, 4.69) is 4.98 Å². The molecule has 3 nitrogen and oxygen atoms in total. The number of hydrogen-bond acceptors (Lipinski definition) is 2. The summed E-state index contributed by atoms with van der Waals surface area (Å²) in [5, 5.41) is 0. The molecule has 16 heavy (non-hydrogen) atoms. The number of nitrogens with one attached hydrogen (secondary N) is 1. The van der Waals surface area contributed by atoms with Crippen LogP contribution in [0.4, 0.5) is 0 Å². The molecule has 82 valence electrons. The third kappa shape index (κ3) is 1.84.